The molecule has 1 rings (SSSR count). The van der Waals surface area contributed by atoms with Crippen molar-refractivity contribution in [1.82, 2.24) is 4.90 Å². The Bertz CT molecular complexity index is 235. The van der Waals surface area contributed by atoms with Gasteiger partial charge in [0, 0.05) is 19.6 Å². The van der Waals surface area contributed by atoms with Crippen LogP contribution in [0.5, 0.6) is 0 Å². The molecule has 130 valence electrons. The lowest BCUT2D eigenvalue weighted by Crippen LogP contribution is -2.32. The summed E-state index contributed by atoms with van der Waals surface area (Å²) in [6.45, 7) is 12.8. The molecule has 1 aliphatic rings. The summed E-state index contributed by atoms with van der Waals surface area (Å²) in [5.74, 6) is 0. The van der Waals surface area contributed by atoms with Crippen LogP contribution < -0.4 is 0 Å². The van der Waals surface area contributed by atoms with E-state index in [1.807, 2.05) is 6.08 Å². The zero-order valence-electron chi connectivity index (χ0n) is 13.7. The SMILES string of the molecule is C=CCCN1CCOCCOCCOCCOCCOCC1. The second-order valence-corrected chi connectivity index (χ2v) is 4.98. The van der Waals surface area contributed by atoms with Gasteiger partial charge in [0.1, 0.15) is 0 Å². The van der Waals surface area contributed by atoms with E-state index in [9.17, 15) is 0 Å². The molecular weight excluding hydrogens is 286 g/mol. The van der Waals surface area contributed by atoms with Gasteiger partial charge in [-0.2, -0.15) is 0 Å². The van der Waals surface area contributed by atoms with Crippen LogP contribution in [-0.4, -0.2) is 90.6 Å². The third-order valence-electron chi connectivity index (χ3n) is 3.24. The summed E-state index contributed by atoms with van der Waals surface area (Å²) in [6.07, 6.45) is 2.92. The van der Waals surface area contributed by atoms with Crippen LogP contribution >= 0.6 is 0 Å². The number of ether oxygens (including phenoxy) is 5. The highest BCUT2D eigenvalue weighted by atomic mass is 16.6. The Morgan fingerprint density at radius 3 is 1.36 bits per heavy atom. The van der Waals surface area contributed by atoms with E-state index >= 15 is 0 Å². The normalized spacial score (nSPS) is 22.5. The summed E-state index contributed by atoms with van der Waals surface area (Å²) in [5.41, 5.74) is 0. The molecule has 0 aromatic rings. The average Bonchev–Trinajstić information content (AvgIpc) is 2.53. The summed E-state index contributed by atoms with van der Waals surface area (Å²) < 4.78 is 27.4. The summed E-state index contributed by atoms with van der Waals surface area (Å²) in [7, 11) is 0. The van der Waals surface area contributed by atoms with E-state index in [0.29, 0.717) is 66.1 Å². The molecule has 1 fully saturated rings. The molecule has 0 spiro atoms. The Balaban J connectivity index is 2.22. The number of hydrogen-bond donors (Lipinski definition) is 0. The van der Waals surface area contributed by atoms with Gasteiger partial charge in [-0.25, -0.2) is 0 Å². The van der Waals surface area contributed by atoms with Gasteiger partial charge in [0.15, 0.2) is 0 Å². The van der Waals surface area contributed by atoms with E-state index in [2.05, 4.69) is 11.5 Å². The monoisotopic (exact) mass is 317 g/mol. The van der Waals surface area contributed by atoms with Gasteiger partial charge in [0.2, 0.25) is 0 Å². The van der Waals surface area contributed by atoms with E-state index < -0.39 is 0 Å². The minimum atomic E-state index is 0.592. The molecule has 0 aliphatic carbocycles. The van der Waals surface area contributed by atoms with Gasteiger partial charge < -0.3 is 23.7 Å². The Labute approximate surface area is 134 Å². The summed E-state index contributed by atoms with van der Waals surface area (Å²) in [5, 5.41) is 0. The number of nitrogens with zero attached hydrogens (tertiary/aromatic N) is 1. The molecule has 0 saturated carbocycles. The van der Waals surface area contributed by atoms with Crippen molar-refractivity contribution in [3.63, 3.8) is 0 Å². The van der Waals surface area contributed by atoms with Crippen molar-refractivity contribution < 1.29 is 23.7 Å². The second kappa shape index (κ2) is 15.4. The van der Waals surface area contributed by atoms with E-state index in [-0.39, 0.29) is 0 Å². The van der Waals surface area contributed by atoms with Gasteiger partial charge in [-0.05, 0) is 6.42 Å². The van der Waals surface area contributed by atoms with Gasteiger partial charge in [-0.3, -0.25) is 4.90 Å². The van der Waals surface area contributed by atoms with Crippen molar-refractivity contribution in [2.24, 2.45) is 0 Å². The molecule has 6 nitrogen and oxygen atoms in total. The van der Waals surface area contributed by atoms with Gasteiger partial charge >= 0.3 is 0 Å². The Morgan fingerprint density at radius 2 is 1.00 bits per heavy atom. The number of hydrogen-bond acceptors (Lipinski definition) is 6. The Morgan fingerprint density at radius 1 is 0.636 bits per heavy atom. The molecule has 0 N–H and O–H groups in total. The molecule has 1 heterocycles. The van der Waals surface area contributed by atoms with Crippen molar-refractivity contribution >= 4 is 0 Å². The maximum Gasteiger partial charge on any atom is 0.0701 e. The van der Waals surface area contributed by atoms with Crippen LogP contribution in [0.1, 0.15) is 6.42 Å². The van der Waals surface area contributed by atoms with Crippen LogP contribution in [0.2, 0.25) is 0 Å². The molecule has 1 saturated heterocycles. The third kappa shape index (κ3) is 12.1. The molecule has 6 heteroatoms. The average molecular weight is 317 g/mol. The first-order chi connectivity index (χ1) is 10.9. The van der Waals surface area contributed by atoms with Gasteiger partial charge in [-0.1, -0.05) is 6.08 Å². The first kappa shape index (κ1) is 19.5. The summed E-state index contributed by atoms with van der Waals surface area (Å²) in [6, 6.07) is 0. The van der Waals surface area contributed by atoms with Crippen molar-refractivity contribution in [3.05, 3.63) is 12.7 Å². The summed E-state index contributed by atoms with van der Waals surface area (Å²) in [4.78, 5) is 2.33. The van der Waals surface area contributed by atoms with Crippen molar-refractivity contribution in [2.75, 3.05) is 85.7 Å². The number of rotatable bonds is 3. The minimum Gasteiger partial charge on any atom is -0.378 e. The fraction of sp³-hybridized carbons (Fsp3) is 0.875. The van der Waals surface area contributed by atoms with E-state index in [4.69, 9.17) is 23.7 Å². The van der Waals surface area contributed by atoms with Gasteiger partial charge in [0.25, 0.3) is 0 Å². The summed E-state index contributed by atoms with van der Waals surface area (Å²) >= 11 is 0. The van der Waals surface area contributed by atoms with Crippen LogP contribution in [0.15, 0.2) is 12.7 Å². The van der Waals surface area contributed by atoms with E-state index in [0.717, 1.165) is 26.1 Å². The van der Waals surface area contributed by atoms with Crippen LogP contribution in [-0.2, 0) is 23.7 Å². The van der Waals surface area contributed by atoms with Crippen LogP contribution in [0, 0.1) is 0 Å². The van der Waals surface area contributed by atoms with Crippen LogP contribution in [0.4, 0.5) is 0 Å². The van der Waals surface area contributed by atoms with Crippen molar-refractivity contribution in [3.8, 4) is 0 Å². The topological polar surface area (TPSA) is 49.4 Å². The molecule has 0 bridgehead atoms. The molecule has 0 radical (unpaired) electrons. The fourth-order valence-corrected chi connectivity index (χ4v) is 1.98. The zero-order chi connectivity index (χ0) is 15.7. The highest BCUT2D eigenvalue weighted by Crippen LogP contribution is 1.94. The van der Waals surface area contributed by atoms with E-state index in [1.165, 1.54) is 0 Å². The zero-order valence-corrected chi connectivity index (χ0v) is 13.7. The standard InChI is InChI=1S/C16H31NO5/c1-2-3-4-17-5-7-18-9-11-20-13-15-22-16-14-21-12-10-19-8-6-17/h2H,1,3-16H2. The lowest BCUT2D eigenvalue weighted by molar-refractivity contribution is -0.0184. The maximum atomic E-state index is 5.60. The predicted octanol–water partition coefficient (Wildman–Crippen LogP) is 0.961. The highest BCUT2D eigenvalue weighted by molar-refractivity contribution is 4.69. The Kier molecular flexibility index (Phi) is 13.7. The molecule has 0 unspecified atom stereocenters. The predicted molar refractivity (Wildman–Crippen MR) is 85.3 cm³/mol. The molecule has 22 heavy (non-hydrogen) atoms. The van der Waals surface area contributed by atoms with Gasteiger partial charge in [-0.15, -0.1) is 6.58 Å². The molecule has 0 aromatic heterocycles. The lowest BCUT2D eigenvalue weighted by atomic mass is 10.3. The molecule has 1 aliphatic heterocycles. The van der Waals surface area contributed by atoms with Gasteiger partial charge in [0.05, 0.1) is 66.1 Å². The molecular formula is C16H31NO5. The van der Waals surface area contributed by atoms with Crippen LogP contribution in [0.25, 0.3) is 0 Å². The van der Waals surface area contributed by atoms with Crippen molar-refractivity contribution in [1.29, 1.82) is 0 Å². The van der Waals surface area contributed by atoms with Crippen LogP contribution in [0.3, 0.4) is 0 Å². The molecule has 0 aromatic carbocycles. The van der Waals surface area contributed by atoms with E-state index in [1.54, 1.807) is 0 Å². The quantitative estimate of drug-likeness (QED) is 0.723. The van der Waals surface area contributed by atoms with Crippen molar-refractivity contribution in [2.45, 2.75) is 6.42 Å². The smallest absolute Gasteiger partial charge is 0.0701 e. The first-order valence-corrected chi connectivity index (χ1v) is 8.15. The molecule has 0 amide bonds. The third-order valence-corrected chi connectivity index (χ3v) is 3.24. The first-order valence-electron chi connectivity index (χ1n) is 8.15. The lowest BCUT2D eigenvalue weighted by Gasteiger charge is -2.21. The molecule has 0 atom stereocenters. The Hall–Kier alpha value is -0.500. The second-order valence-electron chi connectivity index (χ2n) is 4.98. The highest BCUT2D eigenvalue weighted by Gasteiger charge is 2.04. The maximum absolute atomic E-state index is 5.60. The fourth-order valence-electron chi connectivity index (χ4n) is 1.98. The largest absolute Gasteiger partial charge is 0.378 e. The minimum absolute atomic E-state index is 0.592.